The summed E-state index contributed by atoms with van der Waals surface area (Å²) in [5.74, 6) is -0.0593. The van der Waals surface area contributed by atoms with Gasteiger partial charge in [-0.3, -0.25) is 10.1 Å². The van der Waals surface area contributed by atoms with E-state index in [1.165, 1.54) is 23.5 Å². The molecule has 2 aromatic carbocycles. The number of thiazole rings is 1. The highest BCUT2D eigenvalue weighted by molar-refractivity contribution is 7.22. The minimum Gasteiger partial charge on any atom is -0.493 e. The fourth-order valence-corrected chi connectivity index (χ4v) is 3.11. The van der Waals surface area contributed by atoms with E-state index in [0.29, 0.717) is 33.3 Å². The van der Waals surface area contributed by atoms with Crippen LogP contribution in [0.2, 0.25) is 0 Å². The van der Waals surface area contributed by atoms with Crippen LogP contribution in [0.15, 0.2) is 42.5 Å². The largest absolute Gasteiger partial charge is 0.493 e. The van der Waals surface area contributed by atoms with Crippen LogP contribution in [0, 0.1) is 5.82 Å². The number of para-hydroxylation sites is 1. The van der Waals surface area contributed by atoms with Crippen molar-refractivity contribution in [1.29, 1.82) is 0 Å². The monoisotopic (exact) mass is 344 g/mol. The topological polar surface area (TPSA) is 51.2 Å². The average molecular weight is 344 g/mol. The lowest BCUT2D eigenvalue weighted by Gasteiger charge is -2.10. The normalized spacial score (nSPS) is 10.8. The Kier molecular flexibility index (Phi) is 5.05. The lowest BCUT2D eigenvalue weighted by atomic mass is 10.2. The maximum absolute atomic E-state index is 13.2. The first-order chi connectivity index (χ1) is 11.7. The number of halogens is 1. The van der Waals surface area contributed by atoms with Crippen LogP contribution >= 0.6 is 11.3 Å². The molecule has 24 heavy (non-hydrogen) atoms. The third kappa shape index (κ3) is 3.71. The number of ether oxygens (including phenoxy) is 1. The number of nitrogens with one attached hydrogen (secondary N) is 1. The minimum absolute atomic E-state index is 0.290. The number of rotatable bonds is 6. The van der Waals surface area contributed by atoms with Crippen molar-refractivity contribution in [3.05, 3.63) is 53.8 Å². The Bertz CT molecular complexity index is 863. The van der Waals surface area contributed by atoms with Gasteiger partial charge in [-0.1, -0.05) is 36.8 Å². The molecular weight excluding hydrogens is 327 g/mol. The molecule has 0 saturated heterocycles. The van der Waals surface area contributed by atoms with Crippen molar-refractivity contribution in [3.8, 4) is 5.75 Å². The highest BCUT2D eigenvalue weighted by Crippen LogP contribution is 2.27. The first-order valence-corrected chi connectivity index (χ1v) is 8.58. The summed E-state index contributed by atoms with van der Waals surface area (Å²) in [5.41, 5.74) is 1.11. The van der Waals surface area contributed by atoms with Crippen molar-refractivity contribution in [2.75, 3.05) is 11.9 Å². The second-order valence-electron chi connectivity index (χ2n) is 5.28. The van der Waals surface area contributed by atoms with Crippen LogP contribution in [0.5, 0.6) is 5.75 Å². The summed E-state index contributed by atoms with van der Waals surface area (Å²) in [6.07, 6.45) is 1.95. The van der Waals surface area contributed by atoms with Crippen LogP contribution in [-0.4, -0.2) is 17.5 Å². The molecule has 0 fully saturated rings. The van der Waals surface area contributed by atoms with E-state index < -0.39 is 0 Å². The molecule has 0 spiro atoms. The molecule has 0 aliphatic carbocycles. The quantitative estimate of drug-likeness (QED) is 0.649. The standard InChI is InChI=1S/C18H17FN2O2S/c1-2-3-10-23-15-7-5-4-6-13(15)17(22)21-18-20-14-9-8-12(19)11-16(14)24-18/h4-9,11H,2-3,10H2,1H3,(H,20,21,22). The van der Waals surface area contributed by atoms with Gasteiger partial charge < -0.3 is 4.74 Å². The van der Waals surface area contributed by atoms with E-state index >= 15 is 0 Å². The van der Waals surface area contributed by atoms with Crippen LogP contribution < -0.4 is 10.1 Å². The molecule has 6 heteroatoms. The molecule has 0 bridgehead atoms. The number of hydrogen-bond donors (Lipinski definition) is 1. The van der Waals surface area contributed by atoms with Gasteiger partial charge in [0.25, 0.3) is 5.91 Å². The summed E-state index contributed by atoms with van der Waals surface area (Å²) in [6, 6.07) is 11.5. The summed E-state index contributed by atoms with van der Waals surface area (Å²) in [5, 5.41) is 3.20. The van der Waals surface area contributed by atoms with E-state index in [2.05, 4.69) is 17.2 Å². The van der Waals surface area contributed by atoms with Gasteiger partial charge in [-0.15, -0.1) is 0 Å². The van der Waals surface area contributed by atoms with Gasteiger partial charge in [0.1, 0.15) is 11.6 Å². The summed E-state index contributed by atoms with van der Waals surface area (Å²) in [4.78, 5) is 16.8. The van der Waals surface area contributed by atoms with E-state index in [1.807, 2.05) is 6.07 Å². The second-order valence-corrected chi connectivity index (χ2v) is 6.31. The molecule has 1 N–H and O–H groups in total. The molecule has 124 valence electrons. The minimum atomic E-state index is -0.321. The Hall–Kier alpha value is -2.47. The zero-order valence-electron chi connectivity index (χ0n) is 13.2. The van der Waals surface area contributed by atoms with Crippen molar-refractivity contribution < 1.29 is 13.9 Å². The molecule has 1 amide bonds. The zero-order chi connectivity index (χ0) is 16.9. The Morgan fingerprint density at radius 3 is 2.96 bits per heavy atom. The Balaban J connectivity index is 1.78. The third-order valence-electron chi connectivity index (χ3n) is 3.46. The molecule has 1 heterocycles. The number of benzene rings is 2. The number of amides is 1. The Labute approximate surface area is 143 Å². The van der Waals surface area contributed by atoms with E-state index in [-0.39, 0.29) is 11.7 Å². The average Bonchev–Trinajstić information content (AvgIpc) is 2.96. The predicted molar refractivity (Wildman–Crippen MR) is 94.4 cm³/mol. The fourth-order valence-electron chi connectivity index (χ4n) is 2.22. The Morgan fingerprint density at radius 2 is 2.12 bits per heavy atom. The first-order valence-electron chi connectivity index (χ1n) is 7.76. The molecule has 0 radical (unpaired) electrons. The summed E-state index contributed by atoms with van der Waals surface area (Å²) >= 11 is 1.24. The zero-order valence-corrected chi connectivity index (χ0v) is 14.0. The highest BCUT2D eigenvalue weighted by atomic mass is 32.1. The smallest absolute Gasteiger partial charge is 0.261 e. The van der Waals surface area contributed by atoms with Crippen molar-refractivity contribution >= 4 is 32.6 Å². The molecule has 4 nitrogen and oxygen atoms in total. The van der Waals surface area contributed by atoms with Crippen LogP contribution in [0.4, 0.5) is 9.52 Å². The highest BCUT2D eigenvalue weighted by Gasteiger charge is 2.14. The molecule has 3 rings (SSSR count). The van der Waals surface area contributed by atoms with Crippen LogP contribution in [0.25, 0.3) is 10.2 Å². The number of fused-ring (bicyclic) bond motifs is 1. The molecule has 0 unspecified atom stereocenters. The molecule has 0 aliphatic heterocycles. The van der Waals surface area contributed by atoms with Gasteiger partial charge in [0, 0.05) is 0 Å². The summed E-state index contributed by atoms with van der Waals surface area (Å²) in [6.45, 7) is 2.65. The number of hydrogen-bond acceptors (Lipinski definition) is 4. The number of nitrogens with zero attached hydrogens (tertiary/aromatic N) is 1. The Morgan fingerprint density at radius 1 is 1.29 bits per heavy atom. The van der Waals surface area contributed by atoms with E-state index in [9.17, 15) is 9.18 Å². The number of anilines is 1. The van der Waals surface area contributed by atoms with Gasteiger partial charge in [-0.2, -0.15) is 0 Å². The number of unbranched alkanes of at least 4 members (excludes halogenated alkanes) is 1. The molecule has 1 aromatic heterocycles. The van der Waals surface area contributed by atoms with Crippen molar-refractivity contribution in [2.24, 2.45) is 0 Å². The lowest BCUT2D eigenvalue weighted by Crippen LogP contribution is -2.13. The van der Waals surface area contributed by atoms with Gasteiger partial charge >= 0.3 is 0 Å². The fraction of sp³-hybridized carbons (Fsp3) is 0.222. The molecular formula is C18H17FN2O2S. The second kappa shape index (κ2) is 7.40. The van der Waals surface area contributed by atoms with E-state index in [0.717, 1.165) is 12.8 Å². The van der Waals surface area contributed by atoms with Gasteiger partial charge in [-0.25, -0.2) is 9.37 Å². The van der Waals surface area contributed by atoms with E-state index in [4.69, 9.17) is 4.74 Å². The van der Waals surface area contributed by atoms with Crippen LogP contribution in [-0.2, 0) is 0 Å². The van der Waals surface area contributed by atoms with Crippen LogP contribution in [0.3, 0.4) is 0 Å². The van der Waals surface area contributed by atoms with Gasteiger partial charge in [0.15, 0.2) is 5.13 Å². The third-order valence-corrected chi connectivity index (χ3v) is 4.39. The lowest BCUT2D eigenvalue weighted by molar-refractivity contribution is 0.102. The molecule has 3 aromatic rings. The molecule has 0 saturated carbocycles. The van der Waals surface area contributed by atoms with Gasteiger partial charge in [-0.05, 0) is 36.8 Å². The number of carbonyl (C=O) groups excluding carboxylic acids is 1. The van der Waals surface area contributed by atoms with Crippen LogP contribution in [0.1, 0.15) is 30.1 Å². The maximum atomic E-state index is 13.2. The number of carbonyl (C=O) groups is 1. The van der Waals surface area contributed by atoms with Gasteiger partial charge in [0.2, 0.25) is 0 Å². The van der Waals surface area contributed by atoms with Crippen molar-refractivity contribution in [1.82, 2.24) is 4.98 Å². The predicted octanol–water partition coefficient (Wildman–Crippen LogP) is 4.87. The first kappa shape index (κ1) is 16.4. The maximum Gasteiger partial charge on any atom is 0.261 e. The number of aromatic nitrogens is 1. The SMILES string of the molecule is CCCCOc1ccccc1C(=O)Nc1nc2ccc(F)cc2s1. The van der Waals surface area contributed by atoms with Gasteiger partial charge in [0.05, 0.1) is 22.4 Å². The molecule has 0 atom stereocenters. The van der Waals surface area contributed by atoms with Crippen molar-refractivity contribution in [2.45, 2.75) is 19.8 Å². The summed E-state index contributed by atoms with van der Waals surface area (Å²) < 4.78 is 19.6. The summed E-state index contributed by atoms with van der Waals surface area (Å²) in [7, 11) is 0. The van der Waals surface area contributed by atoms with Crippen molar-refractivity contribution in [3.63, 3.8) is 0 Å². The molecule has 0 aliphatic rings. The van der Waals surface area contributed by atoms with E-state index in [1.54, 1.807) is 24.3 Å².